The number of carbonyl (C=O) groups is 1. The fourth-order valence-electron chi connectivity index (χ4n) is 2.59. The summed E-state index contributed by atoms with van der Waals surface area (Å²) in [6.07, 6.45) is 3.65. The van der Waals surface area contributed by atoms with E-state index in [-0.39, 0.29) is 5.91 Å². The van der Waals surface area contributed by atoms with E-state index in [1.807, 2.05) is 29.3 Å². The second-order valence-corrected chi connectivity index (χ2v) is 6.72. The zero-order chi connectivity index (χ0) is 16.1. The zero-order valence-corrected chi connectivity index (χ0v) is 14.2. The van der Waals surface area contributed by atoms with Gasteiger partial charge in [-0.05, 0) is 11.4 Å². The van der Waals surface area contributed by atoms with Crippen molar-refractivity contribution in [2.45, 2.75) is 19.6 Å². The summed E-state index contributed by atoms with van der Waals surface area (Å²) in [5.41, 5.74) is 0. The number of aromatic nitrogens is 2. The van der Waals surface area contributed by atoms with Gasteiger partial charge in [0.1, 0.15) is 12.4 Å². The first-order chi connectivity index (χ1) is 11.2. The topological polar surface area (TPSA) is 50.6 Å². The van der Waals surface area contributed by atoms with Gasteiger partial charge in [0.2, 0.25) is 5.91 Å². The summed E-state index contributed by atoms with van der Waals surface area (Å²) in [6, 6.07) is 4.06. The van der Waals surface area contributed by atoms with Gasteiger partial charge in [-0.1, -0.05) is 6.07 Å². The van der Waals surface area contributed by atoms with Crippen molar-refractivity contribution in [1.29, 1.82) is 0 Å². The van der Waals surface area contributed by atoms with E-state index in [0.717, 1.165) is 38.7 Å². The van der Waals surface area contributed by atoms with Crippen LogP contribution in [-0.4, -0.2) is 58.6 Å². The fraction of sp³-hybridized carbons (Fsp3) is 0.500. The maximum absolute atomic E-state index is 12.4. The molecule has 0 atom stereocenters. The molecule has 1 aliphatic rings. The number of amides is 1. The Hall–Kier alpha value is -1.70. The lowest BCUT2D eigenvalue weighted by Gasteiger charge is -2.26. The molecule has 124 valence electrons. The highest BCUT2D eigenvalue weighted by atomic mass is 32.1. The maximum atomic E-state index is 12.4. The van der Waals surface area contributed by atoms with Gasteiger partial charge in [0.25, 0.3) is 0 Å². The average molecular weight is 334 g/mol. The molecular formula is C16H22N4O2S. The molecule has 0 spiro atoms. The summed E-state index contributed by atoms with van der Waals surface area (Å²) >= 11 is 1.67. The number of thiophene rings is 1. The summed E-state index contributed by atoms with van der Waals surface area (Å²) < 4.78 is 7.31. The highest BCUT2D eigenvalue weighted by molar-refractivity contribution is 7.09. The minimum Gasteiger partial charge on any atom is -0.379 e. The predicted molar refractivity (Wildman–Crippen MR) is 89.1 cm³/mol. The number of nitrogens with zero attached hydrogens (tertiary/aromatic N) is 4. The molecule has 1 amide bonds. The van der Waals surface area contributed by atoms with Crippen LogP contribution in [0.25, 0.3) is 0 Å². The lowest BCUT2D eigenvalue weighted by atomic mass is 10.4. The van der Waals surface area contributed by atoms with Crippen LogP contribution in [0, 0.1) is 0 Å². The van der Waals surface area contributed by atoms with Gasteiger partial charge in [0.15, 0.2) is 0 Å². The first-order valence-corrected chi connectivity index (χ1v) is 8.67. The highest BCUT2D eigenvalue weighted by Crippen LogP contribution is 2.12. The molecular weight excluding hydrogens is 312 g/mol. The monoisotopic (exact) mass is 334 g/mol. The lowest BCUT2D eigenvalue weighted by molar-refractivity contribution is -0.131. The molecule has 23 heavy (non-hydrogen) atoms. The van der Waals surface area contributed by atoms with Crippen LogP contribution >= 0.6 is 11.3 Å². The number of likely N-dealkylation sites (N-methyl/N-ethyl adjacent to an activating group) is 1. The van der Waals surface area contributed by atoms with E-state index >= 15 is 0 Å². The molecule has 0 radical (unpaired) electrons. The molecule has 1 fully saturated rings. The van der Waals surface area contributed by atoms with Gasteiger partial charge in [-0.3, -0.25) is 9.69 Å². The number of carbonyl (C=O) groups excluding carboxylic acids is 1. The van der Waals surface area contributed by atoms with Crippen LogP contribution in [0.4, 0.5) is 0 Å². The number of morpholine rings is 1. The number of hydrogen-bond acceptors (Lipinski definition) is 5. The van der Waals surface area contributed by atoms with Crippen LogP contribution < -0.4 is 0 Å². The molecule has 0 unspecified atom stereocenters. The van der Waals surface area contributed by atoms with E-state index in [2.05, 4.69) is 16.0 Å². The van der Waals surface area contributed by atoms with E-state index in [9.17, 15) is 4.79 Å². The molecule has 0 N–H and O–H groups in total. The van der Waals surface area contributed by atoms with Crippen molar-refractivity contribution in [3.63, 3.8) is 0 Å². The van der Waals surface area contributed by atoms with Crippen molar-refractivity contribution < 1.29 is 9.53 Å². The van der Waals surface area contributed by atoms with E-state index < -0.39 is 0 Å². The summed E-state index contributed by atoms with van der Waals surface area (Å²) in [6.45, 7) is 5.12. The second-order valence-electron chi connectivity index (χ2n) is 5.69. The zero-order valence-electron chi connectivity index (χ0n) is 13.4. The molecule has 1 saturated heterocycles. The van der Waals surface area contributed by atoms with Crippen molar-refractivity contribution >= 4 is 17.2 Å². The van der Waals surface area contributed by atoms with Gasteiger partial charge in [-0.25, -0.2) is 4.98 Å². The maximum Gasteiger partial charge on any atom is 0.242 e. The van der Waals surface area contributed by atoms with Crippen molar-refractivity contribution in [3.05, 3.63) is 40.6 Å². The molecule has 0 saturated carbocycles. The van der Waals surface area contributed by atoms with Crippen LogP contribution in [0.5, 0.6) is 0 Å². The van der Waals surface area contributed by atoms with Crippen molar-refractivity contribution in [1.82, 2.24) is 19.4 Å². The van der Waals surface area contributed by atoms with Crippen LogP contribution in [0.2, 0.25) is 0 Å². The second kappa shape index (κ2) is 7.72. The summed E-state index contributed by atoms with van der Waals surface area (Å²) in [7, 11) is 1.85. The Morgan fingerprint density at radius 1 is 1.43 bits per heavy atom. The molecule has 3 rings (SSSR count). The minimum absolute atomic E-state index is 0.0969. The van der Waals surface area contributed by atoms with Gasteiger partial charge in [-0.15, -0.1) is 11.3 Å². The molecule has 2 aromatic rings. The van der Waals surface area contributed by atoms with Gasteiger partial charge in [0, 0.05) is 37.4 Å². The van der Waals surface area contributed by atoms with Gasteiger partial charge in [-0.2, -0.15) is 0 Å². The Bertz CT molecular complexity index is 620. The van der Waals surface area contributed by atoms with E-state index in [1.165, 1.54) is 4.88 Å². The largest absolute Gasteiger partial charge is 0.379 e. The summed E-state index contributed by atoms with van der Waals surface area (Å²) in [5, 5.41) is 2.03. The smallest absolute Gasteiger partial charge is 0.242 e. The van der Waals surface area contributed by atoms with Gasteiger partial charge >= 0.3 is 0 Å². The van der Waals surface area contributed by atoms with E-state index in [4.69, 9.17) is 4.74 Å². The Kier molecular flexibility index (Phi) is 5.43. The summed E-state index contributed by atoms with van der Waals surface area (Å²) in [5.74, 6) is 1.03. The average Bonchev–Trinajstić information content (AvgIpc) is 3.21. The Morgan fingerprint density at radius 3 is 3.00 bits per heavy atom. The molecule has 6 nitrogen and oxygen atoms in total. The minimum atomic E-state index is 0.0969. The molecule has 0 aromatic carbocycles. The number of imidazole rings is 1. The predicted octanol–water partition coefficient (Wildman–Crippen LogP) is 1.44. The third kappa shape index (κ3) is 4.40. The highest BCUT2D eigenvalue weighted by Gasteiger charge is 2.16. The third-order valence-electron chi connectivity index (χ3n) is 3.97. The lowest BCUT2D eigenvalue weighted by Crippen LogP contribution is -2.37. The Labute approximate surface area is 140 Å². The van der Waals surface area contributed by atoms with Crippen LogP contribution in [0.1, 0.15) is 10.7 Å². The number of rotatable bonds is 6. The first-order valence-electron chi connectivity index (χ1n) is 7.79. The molecule has 1 aliphatic heterocycles. The van der Waals surface area contributed by atoms with Crippen molar-refractivity contribution in [2.24, 2.45) is 0 Å². The van der Waals surface area contributed by atoms with Crippen LogP contribution in [0.15, 0.2) is 29.9 Å². The van der Waals surface area contributed by atoms with E-state index in [1.54, 1.807) is 22.4 Å². The fourth-order valence-corrected chi connectivity index (χ4v) is 3.34. The van der Waals surface area contributed by atoms with Gasteiger partial charge < -0.3 is 14.2 Å². The number of hydrogen-bond donors (Lipinski definition) is 0. The number of ether oxygens (including phenoxy) is 1. The van der Waals surface area contributed by atoms with Gasteiger partial charge in [0.05, 0.1) is 26.3 Å². The van der Waals surface area contributed by atoms with Crippen molar-refractivity contribution in [3.8, 4) is 0 Å². The molecule has 3 heterocycles. The molecule has 7 heteroatoms. The SMILES string of the molecule is CN(Cc1cccs1)C(=O)Cn1ccnc1CN1CCOCC1. The molecule has 0 bridgehead atoms. The summed E-state index contributed by atoms with van der Waals surface area (Å²) in [4.78, 5) is 22.1. The third-order valence-corrected chi connectivity index (χ3v) is 4.84. The Morgan fingerprint density at radius 2 is 2.26 bits per heavy atom. The Balaban J connectivity index is 1.57. The quantitative estimate of drug-likeness (QED) is 0.802. The van der Waals surface area contributed by atoms with E-state index in [0.29, 0.717) is 13.1 Å². The molecule has 0 aliphatic carbocycles. The standard InChI is InChI=1S/C16H22N4O2S/c1-18(11-14-3-2-10-23-14)16(21)13-20-5-4-17-15(20)12-19-6-8-22-9-7-19/h2-5,10H,6-9,11-13H2,1H3. The normalized spacial score (nSPS) is 15.7. The van der Waals surface area contributed by atoms with Crippen molar-refractivity contribution in [2.75, 3.05) is 33.4 Å². The van der Waals surface area contributed by atoms with Crippen LogP contribution in [-0.2, 0) is 29.2 Å². The van der Waals surface area contributed by atoms with Crippen LogP contribution in [0.3, 0.4) is 0 Å². The first kappa shape index (κ1) is 16.2. The molecule has 2 aromatic heterocycles.